The van der Waals surface area contributed by atoms with Crippen molar-refractivity contribution in [2.45, 2.75) is 27.7 Å². The Morgan fingerprint density at radius 1 is 0.522 bits per heavy atom. The molecule has 0 atom stereocenters. The van der Waals surface area contributed by atoms with Gasteiger partial charge in [0, 0.05) is 51.8 Å². The zero-order chi connectivity index (χ0) is 33.4. The summed E-state index contributed by atoms with van der Waals surface area (Å²) < 4.78 is 92.2. The zero-order valence-electron chi connectivity index (χ0n) is 26.1. The van der Waals surface area contributed by atoms with Gasteiger partial charge in [-0.05, 0) is 51.3 Å². The molecule has 12 nitrogen and oxygen atoms in total. The van der Waals surface area contributed by atoms with Crippen LogP contribution in [-0.2, 0) is 58.8 Å². The molecule has 8 fully saturated rings. The first-order chi connectivity index (χ1) is 20.6. The first kappa shape index (κ1) is 42.3. The fraction of sp³-hybridized carbons (Fsp3) is 1.00. The molecular formula is C20H44CuF6N8O4P5S2. The minimum atomic E-state index is -10.7. The molecule has 0 N–H and O–H groups in total. The summed E-state index contributed by atoms with van der Waals surface area (Å²) in [7, 11) is -13.5. The molecule has 0 unspecified atom stereocenters. The molecule has 0 aliphatic carbocycles. The first-order valence-corrected chi connectivity index (χ1v) is 26.3. The summed E-state index contributed by atoms with van der Waals surface area (Å²) in [5.74, 6) is 0. The molecule has 0 radical (unpaired) electrons. The van der Waals surface area contributed by atoms with Crippen molar-refractivity contribution in [1.82, 2.24) is 29.4 Å². The Kier molecular flexibility index (Phi) is 13.9. The molecule has 8 aliphatic rings. The first-order valence-electron chi connectivity index (χ1n) is 14.5. The van der Waals surface area contributed by atoms with Gasteiger partial charge in [-0.1, -0.05) is 0 Å². The number of rotatable bonds is 10. The molecule has 0 aromatic rings. The van der Waals surface area contributed by atoms with Gasteiger partial charge in [0.2, 0.25) is 0 Å². The number of nitrogens with zero attached hydrogens (tertiary/aromatic N) is 8. The summed E-state index contributed by atoms with van der Waals surface area (Å²) in [4.78, 5) is 14.9. The van der Waals surface area contributed by atoms with Crippen LogP contribution in [0.25, 0.3) is 0 Å². The normalized spacial score (nSPS) is 37.1. The topological polar surface area (TPSA) is 81.1 Å². The van der Waals surface area contributed by atoms with E-state index < -0.39 is 35.2 Å². The van der Waals surface area contributed by atoms with Crippen LogP contribution in [0.2, 0.25) is 0 Å². The third kappa shape index (κ3) is 13.1. The molecule has 0 aromatic heterocycles. The van der Waals surface area contributed by atoms with E-state index in [1.54, 1.807) is 0 Å². The number of hydrogen-bond acceptors (Lipinski definition) is 12. The summed E-state index contributed by atoms with van der Waals surface area (Å²) in [5.41, 5.74) is 0. The van der Waals surface area contributed by atoms with Crippen LogP contribution in [0.5, 0.6) is 0 Å². The summed E-state index contributed by atoms with van der Waals surface area (Å²) >= 11 is 11.2. The maximum atomic E-state index is 9.87. The van der Waals surface area contributed by atoms with E-state index in [0.717, 1.165) is 77.7 Å². The maximum Gasteiger partial charge on any atom is 1.00 e. The van der Waals surface area contributed by atoms with Crippen LogP contribution in [0, 0.1) is 0 Å². The summed E-state index contributed by atoms with van der Waals surface area (Å²) in [6.07, 6.45) is 6.57. The Hall–Kier alpha value is 1.89. The van der Waals surface area contributed by atoms with E-state index >= 15 is 0 Å². The summed E-state index contributed by atoms with van der Waals surface area (Å²) in [6.45, 7) is 11.8. The van der Waals surface area contributed by atoms with Gasteiger partial charge in [-0.25, -0.2) is 9.03 Å². The quantitative estimate of drug-likeness (QED) is 0.123. The third-order valence-electron chi connectivity index (χ3n) is 6.95. The standard InChI is InChI=1S/2C10H22N4O2P2S.Cu.F6P/c2*1-3-15-18(19,16-4-2)11-17-8-12-5-13(9-17)7-14(6-12)10-17;;1-7(2,3,4,5)6/h2*3-10H2,1-2H3;;/q;;+1;-1. The fourth-order valence-electron chi connectivity index (χ4n) is 6.47. The van der Waals surface area contributed by atoms with Crippen molar-refractivity contribution in [2.75, 3.05) is 104 Å². The largest absolute Gasteiger partial charge is 1.00 e. The van der Waals surface area contributed by atoms with Gasteiger partial charge in [0.05, 0.1) is 66.4 Å². The predicted octanol–water partition coefficient (Wildman–Crippen LogP) is 7.73. The van der Waals surface area contributed by atoms with E-state index in [2.05, 4.69) is 29.4 Å². The minimum absolute atomic E-state index is 0. The van der Waals surface area contributed by atoms with Crippen molar-refractivity contribution >= 4 is 58.8 Å². The van der Waals surface area contributed by atoms with Gasteiger partial charge in [-0.3, -0.25) is 29.4 Å². The second-order valence-corrected chi connectivity index (χ2v) is 26.8. The van der Waals surface area contributed by atoms with Crippen LogP contribution in [0.15, 0.2) is 9.03 Å². The molecule has 8 aliphatic heterocycles. The molecule has 0 aromatic carbocycles. The molecule has 8 bridgehead atoms. The molecule has 46 heavy (non-hydrogen) atoms. The van der Waals surface area contributed by atoms with E-state index in [4.69, 9.17) is 50.7 Å². The van der Waals surface area contributed by atoms with Crippen LogP contribution in [0.3, 0.4) is 0 Å². The molecule has 8 rings (SSSR count). The average Bonchev–Trinajstić information content (AvgIpc) is 2.80. The number of halogens is 6. The van der Waals surface area contributed by atoms with Crippen molar-refractivity contribution < 1.29 is 60.3 Å². The maximum absolute atomic E-state index is 10.7. The minimum Gasteiger partial charge on any atom is 1.00 e. The molecule has 8 saturated heterocycles. The smallest absolute Gasteiger partial charge is 1.00 e. The molecule has 8 heterocycles. The van der Waals surface area contributed by atoms with Crippen molar-refractivity contribution in [2.24, 2.45) is 9.03 Å². The van der Waals surface area contributed by atoms with Gasteiger partial charge in [0.25, 0.3) is 0 Å². The van der Waals surface area contributed by atoms with Gasteiger partial charge >= 0.3 is 63.3 Å². The van der Waals surface area contributed by atoms with Gasteiger partial charge < -0.3 is 18.1 Å². The van der Waals surface area contributed by atoms with Crippen LogP contribution in [0.1, 0.15) is 27.7 Å². The van der Waals surface area contributed by atoms with Crippen LogP contribution in [0.4, 0.5) is 25.2 Å². The Morgan fingerprint density at radius 3 is 0.848 bits per heavy atom. The second kappa shape index (κ2) is 15.1. The summed E-state index contributed by atoms with van der Waals surface area (Å²) in [6, 6.07) is 0. The van der Waals surface area contributed by atoms with Crippen LogP contribution in [-0.4, -0.2) is 134 Å². The average molecular weight is 857 g/mol. The van der Waals surface area contributed by atoms with Gasteiger partial charge in [0.15, 0.2) is 0 Å². The van der Waals surface area contributed by atoms with Gasteiger partial charge in [-0.2, -0.15) is 0 Å². The van der Waals surface area contributed by atoms with Crippen molar-refractivity contribution in [3.8, 4) is 0 Å². The monoisotopic (exact) mass is 856 g/mol. The second-order valence-electron chi connectivity index (χ2n) is 11.7. The molecule has 278 valence electrons. The van der Waals surface area contributed by atoms with E-state index in [1.807, 2.05) is 27.7 Å². The Labute approximate surface area is 288 Å². The van der Waals surface area contributed by atoms with Gasteiger partial charge in [-0.15, -0.1) is 0 Å². The molecular weight excluding hydrogens is 813 g/mol. The molecule has 0 amide bonds. The van der Waals surface area contributed by atoms with E-state index in [0.29, 0.717) is 26.4 Å². The van der Waals surface area contributed by atoms with E-state index in [9.17, 15) is 25.2 Å². The Morgan fingerprint density at radius 2 is 0.696 bits per heavy atom. The summed E-state index contributed by atoms with van der Waals surface area (Å²) in [5, 5.41) is 0. The van der Waals surface area contributed by atoms with E-state index in [-0.39, 0.29) is 17.1 Å². The zero-order valence-corrected chi connectivity index (χ0v) is 33.2. The van der Waals surface area contributed by atoms with E-state index in [1.165, 1.54) is 0 Å². The molecule has 0 saturated carbocycles. The van der Waals surface area contributed by atoms with Crippen LogP contribution < -0.4 is 0 Å². The van der Waals surface area contributed by atoms with Crippen LogP contribution >= 0.6 is 35.2 Å². The SMILES string of the molecule is CCOP(=S)(N=P12CN3CN(CN(C3)C1)C2)OCC.CCOP(=S)(N=P12CN3CN(CN(C3)C1)C2)OCC.F[P-](F)(F)(F)(F)F.[Cu+]. The Bertz CT molecular complexity index is 1110. The molecule has 26 heteroatoms. The predicted molar refractivity (Wildman–Crippen MR) is 177 cm³/mol. The third-order valence-corrected chi connectivity index (χ3v) is 22.2. The molecule has 0 spiro atoms. The van der Waals surface area contributed by atoms with Crippen molar-refractivity contribution in [3.63, 3.8) is 0 Å². The number of hydrogen-bond donors (Lipinski definition) is 0. The van der Waals surface area contributed by atoms with Crippen molar-refractivity contribution in [3.05, 3.63) is 0 Å². The van der Waals surface area contributed by atoms with Crippen molar-refractivity contribution in [1.29, 1.82) is 0 Å². The fourth-order valence-corrected chi connectivity index (χ4v) is 24.0. The Balaban J connectivity index is 0.000000205. The van der Waals surface area contributed by atoms with Gasteiger partial charge in [0.1, 0.15) is 0 Å².